The molecular formula is C15H10BrF2NO2. The van der Waals surface area contributed by atoms with Gasteiger partial charge in [0.25, 0.3) is 0 Å². The Morgan fingerprint density at radius 3 is 2.62 bits per heavy atom. The van der Waals surface area contributed by atoms with Gasteiger partial charge in [0.1, 0.15) is 23.1 Å². The van der Waals surface area contributed by atoms with Gasteiger partial charge in [-0.3, -0.25) is 0 Å². The van der Waals surface area contributed by atoms with Gasteiger partial charge in [-0.1, -0.05) is 27.2 Å². The largest absolute Gasteiger partial charge is 0.493 e. The van der Waals surface area contributed by atoms with Crippen molar-refractivity contribution in [2.45, 2.75) is 0 Å². The van der Waals surface area contributed by atoms with Crippen molar-refractivity contribution in [2.75, 3.05) is 11.9 Å². The monoisotopic (exact) mass is 353 g/mol. The Morgan fingerprint density at radius 1 is 1.14 bits per heavy atom. The van der Waals surface area contributed by atoms with Crippen LogP contribution in [0.4, 0.5) is 8.78 Å². The predicted molar refractivity (Wildman–Crippen MR) is 78.7 cm³/mol. The molecule has 0 spiro atoms. The fraction of sp³-hybridized carbons (Fsp3) is 0.133. The first kappa shape index (κ1) is 14.0. The zero-order valence-electron chi connectivity index (χ0n) is 10.8. The molecule has 0 unspecified atom stereocenters. The van der Waals surface area contributed by atoms with Gasteiger partial charge in [-0.2, -0.15) is 0 Å². The molecule has 3 nitrogen and oxygen atoms in total. The number of hydrogen-bond acceptors (Lipinski definition) is 3. The molecule has 0 radical (unpaired) electrons. The van der Waals surface area contributed by atoms with Gasteiger partial charge in [0.2, 0.25) is 0 Å². The molecule has 0 aliphatic rings. The maximum atomic E-state index is 13.8. The summed E-state index contributed by atoms with van der Waals surface area (Å²) in [4.78, 5) is 0. The molecule has 0 aliphatic carbocycles. The maximum Gasteiger partial charge on any atom is 0.171 e. The third kappa shape index (κ3) is 2.63. The van der Waals surface area contributed by atoms with Gasteiger partial charge < -0.3 is 9.26 Å². The molecule has 0 fully saturated rings. The first-order chi connectivity index (χ1) is 10.2. The summed E-state index contributed by atoms with van der Waals surface area (Å²) < 4.78 is 38.3. The molecule has 0 amide bonds. The fourth-order valence-electron chi connectivity index (χ4n) is 2.07. The van der Waals surface area contributed by atoms with Crippen molar-refractivity contribution in [3.8, 4) is 17.0 Å². The second-order valence-electron chi connectivity index (χ2n) is 4.32. The van der Waals surface area contributed by atoms with Crippen molar-refractivity contribution in [1.29, 1.82) is 0 Å². The number of rotatable bonds is 4. The Kier molecular flexibility index (Phi) is 3.88. The van der Waals surface area contributed by atoms with E-state index in [-0.39, 0.29) is 11.3 Å². The van der Waals surface area contributed by atoms with E-state index in [1.165, 1.54) is 18.2 Å². The third-order valence-electron chi connectivity index (χ3n) is 2.99. The highest BCUT2D eigenvalue weighted by atomic mass is 79.9. The van der Waals surface area contributed by atoms with E-state index in [9.17, 15) is 8.78 Å². The molecule has 21 heavy (non-hydrogen) atoms. The van der Waals surface area contributed by atoms with Gasteiger partial charge in [-0.15, -0.1) is 0 Å². The number of aromatic nitrogens is 1. The molecule has 3 rings (SSSR count). The van der Waals surface area contributed by atoms with E-state index in [1.54, 1.807) is 18.2 Å². The molecular weight excluding hydrogens is 344 g/mol. The van der Waals surface area contributed by atoms with Gasteiger partial charge in [-0.25, -0.2) is 8.78 Å². The SMILES string of the molecule is Fc1cccc(F)c1-c1noc2cc(OCCBr)ccc12. The van der Waals surface area contributed by atoms with E-state index >= 15 is 0 Å². The molecule has 0 bridgehead atoms. The maximum absolute atomic E-state index is 13.8. The van der Waals surface area contributed by atoms with E-state index < -0.39 is 11.6 Å². The number of ether oxygens (including phenoxy) is 1. The molecule has 0 saturated heterocycles. The average molecular weight is 354 g/mol. The lowest BCUT2D eigenvalue weighted by atomic mass is 10.1. The number of fused-ring (bicyclic) bond motifs is 1. The minimum absolute atomic E-state index is 0.146. The van der Waals surface area contributed by atoms with Crippen LogP contribution in [0.1, 0.15) is 0 Å². The van der Waals surface area contributed by atoms with Gasteiger partial charge in [0.15, 0.2) is 5.58 Å². The highest BCUT2D eigenvalue weighted by Crippen LogP contribution is 2.33. The quantitative estimate of drug-likeness (QED) is 0.645. The van der Waals surface area contributed by atoms with Gasteiger partial charge in [0.05, 0.1) is 17.6 Å². The van der Waals surface area contributed by atoms with Crippen LogP contribution in [-0.2, 0) is 0 Å². The Bertz CT molecular complexity index is 768. The Hall–Kier alpha value is -1.95. The average Bonchev–Trinajstić information content (AvgIpc) is 2.88. The highest BCUT2D eigenvalue weighted by Gasteiger charge is 2.18. The van der Waals surface area contributed by atoms with Gasteiger partial charge >= 0.3 is 0 Å². The Labute approximate surface area is 127 Å². The summed E-state index contributed by atoms with van der Waals surface area (Å²) in [5.41, 5.74) is 0.373. The van der Waals surface area contributed by atoms with E-state index in [0.29, 0.717) is 28.7 Å². The van der Waals surface area contributed by atoms with E-state index in [4.69, 9.17) is 9.26 Å². The Balaban J connectivity index is 2.09. The minimum Gasteiger partial charge on any atom is -0.493 e. The van der Waals surface area contributed by atoms with Crippen molar-refractivity contribution >= 4 is 26.9 Å². The fourth-order valence-corrected chi connectivity index (χ4v) is 2.23. The molecule has 6 heteroatoms. The first-order valence-electron chi connectivity index (χ1n) is 6.23. The number of alkyl halides is 1. The smallest absolute Gasteiger partial charge is 0.171 e. The normalized spacial score (nSPS) is 11.0. The van der Waals surface area contributed by atoms with Crippen LogP contribution in [0.2, 0.25) is 0 Å². The van der Waals surface area contributed by atoms with Crippen LogP contribution in [0.5, 0.6) is 5.75 Å². The molecule has 3 aromatic rings. The number of nitrogens with zero attached hydrogens (tertiary/aromatic N) is 1. The molecule has 1 aromatic heterocycles. The van der Waals surface area contributed by atoms with E-state index in [2.05, 4.69) is 21.1 Å². The second-order valence-corrected chi connectivity index (χ2v) is 5.12. The summed E-state index contributed by atoms with van der Waals surface area (Å²) in [7, 11) is 0. The number of benzene rings is 2. The standard InChI is InChI=1S/C15H10BrF2NO2/c16-6-7-20-9-4-5-10-13(8-9)21-19-15(10)14-11(17)2-1-3-12(14)18/h1-5,8H,6-7H2. The summed E-state index contributed by atoms with van der Waals surface area (Å²) in [5.74, 6) is -0.742. The lowest BCUT2D eigenvalue weighted by Crippen LogP contribution is -1.97. The first-order valence-corrected chi connectivity index (χ1v) is 7.35. The van der Waals surface area contributed by atoms with Crippen LogP contribution in [0.15, 0.2) is 40.9 Å². The van der Waals surface area contributed by atoms with Crippen LogP contribution in [0.25, 0.3) is 22.2 Å². The Morgan fingerprint density at radius 2 is 1.90 bits per heavy atom. The van der Waals surface area contributed by atoms with Crippen LogP contribution in [0.3, 0.4) is 0 Å². The van der Waals surface area contributed by atoms with Crippen molar-refractivity contribution < 1.29 is 18.0 Å². The van der Waals surface area contributed by atoms with Crippen molar-refractivity contribution in [3.05, 3.63) is 48.0 Å². The topological polar surface area (TPSA) is 35.3 Å². The zero-order valence-corrected chi connectivity index (χ0v) is 12.4. The lowest BCUT2D eigenvalue weighted by Gasteiger charge is -2.03. The number of halogens is 3. The van der Waals surface area contributed by atoms with Gasteiger partial charge in [-0.05, 0) is 24.3 Å². The zero-order chi connectivity index (χ0) is 14.8. The van der Waals surface area contributed by atoms with Gasteiger partial charge in [0, 0.05) is 11.4 Å². The second kappa shape index (κ2) is 5.81. The van der Waals surface area contributed by atoms with Crippen LogP contribution >= 0.6 is 15.9 Å². The van der Waals surface area contributed by atoms with Crippen molar-refractivity contribution in [1.82, 2.24) is 5.16 Å². The lowest BCUT2D eigenvalue weighted by molar-refractivity contribution is 0.344. The summed E-state index contributed by atoms with van der Waals surface area (Å²) in [6, 6.07) is 8.72. The molecule has 108 valence electrons. The predicted octanol–water partition coefficient (Wildman–Crippen LogP) is 4.55. The summed E-state index contributed by atoms with van der Waals surface area (Å²) in [6.07, 6.45) is 0. The molecule has 0 N–H and O–H groups in total. The van der Waals surface area contributed by atoms with Crippen LogP contribution in [0, 0.1) is 11.6 Å². The molecule has 0 aliphatic heterocycles. The summed E-state index contributed by atoms with van der Waals surface area (Å²) >= 11 is 3.26. The molecule has 1 heterocycles. The summed E-state index contributed by atoms with van der Waals surface area (Å²) in [6.45, 7) is 0.508. The number of hydrogen-bond donors (Lipinski definition) is 0. The van der Waals surface area contributed by atoms with E-state index in [1.807, 2.05) is 0 Å². The highest BCUT2D eigenvalue weighted by molar-refractivity contribution is 9.09. The molecule has 2 aromatic carbocycles. The molecule has 0 atom stereocenters. The van der Waals surface area contributed by atoms with Crippen molar-refractivity contribution in [3.63, 3.8) is 0 Å². The van der Waals surface area contributed by atoms with Crippen LogP contribution < -0.4 is 4.74 Å². The van der Waals surface area contributed by atoms with E-state index in [0.717, 1.165) is 0 Å². The van der Waals surface area contributed by atoms with Crippen molar-refractivity contribution in [2.24, 2.45) is 0 Å². The third-order valence-corrected chi connectivity index (χ3v) is 3.31. The van der Waals surface area contributed by atoms with Crippen LogP contribution in [-0.4, -0.2) is 17.1 Å². The minimum atomic E-state index is -0.676. The molecule has 0 saturated carbocycles. The summed E-state index contributed by atoms with van der Waals surface area (Å²) in [5, 5.41) is 5.02.